The molecule has 5 heteroatoms. The summed E-state index contributed by atoms with van der Waals surface area (Å²) >= 11 is 0.724. The summed E-state index contributed by atoms with van der Waals surface area (Å²) in [5, 5.41) is 11.7. The topological polar surface area (TPSA) is 69.6 Å². The number of aliphatic hydroxyl groups excluding tert-OH is 1. The van der Waals surface area contributed by atoms with Gasteiger partial charge in [0.2, 0.25) is 5.91 Å². The maximum Gasteiger partial charge on any atom is 0.223 e. The van der Waals surface area contributed by atoms with Gasteiger partial charge in [-0.2, -0.15) is 0 Å². The van der Waals surface area contributed by atoms with Crippen LogP contribution in [0.5, 0.6) is 0 Å². The van der Waals surface area contributed by atoms with Crippen molar-refractivity contribution >= 4 is 17.9 Å². The van der Waals surface area contributed by atoms with E-state index >= 15 is 0 Å². The summed E-state index contributed by atoms with van der Waals surface area (Å²) in [5.41, 5.74) is 0. The van der Waals surface area contributed by atoms with Gasteiger partial charge in [0, 0.05) is 11.7 Å². The summed E-state index contributed by atoms with van der Waals surface area (Å²) in [6.07, 6.45) is 1.37. The molecule has 0 aliphatic heterocycles. The lowest BCUT2D eigenvalue weighted by atomic mass is 10.1. The van der Waals surface area contributed by atoms with Crippen molar-refractivity contribution in [3.05, 3.63) is 0 Å². The second kappa shape index (κ2) is 8.08. The van der Waals surface area contributed by atoms with E-state index in [9.17, 15) is 4.79 Å². The number of carbonyl (C=O) groups is 1. The predicted molar refractivity (Wildman–Crippen MR) is 58.2 cm³/mol. The summed E-state index contributed by atoms with van der Waals surface area (Å²) in [5.74, 6) is 0.465. The Balaban J connectivity index is 3.85. The zero-order valence-corrected chi connectivity index (χ0v) is 9.51. The van der Waals surface area contributed by atoms with Crippen molar-refractivity contribution < 1.29 is 14.5 Å². The van der Waals surface area contributed by atoms with E-state index in [2.05, 4.69) is 5.32 Å². The van der Waals surface area contributed by atoms with Crippen molar-refractivity contribution in [1.29, 1.82) is 0 Å². The Morgan fingerprint density at radius 2 is 2.21 bits per heavy atom. The highest BCUT2D eigenvalue weighted by Crippen LogP contribution is 2.04. The standard InChI is InChI=1S/C9H19NO3S/c1-3-7(2)9(12)10-8(6-11)4-5-14-13/h7-8,11,13H,3-6H2,1-2H3,(H,10,12). The van der Waals surface area contributed by atoms with Gasteiger partial charge in [-0.15, -0.1) is 0 Å². The van der Waals surface area contributed by atoms with Crippen LogP contribution in [0, 0.1) is 5.92 Å². The normalized spacial score (nSPS) is 14.9. The second-order valence-corrected chi connectivity index (χ2v) is 3.99. The molecule has 0 bridgehead atoms. The molecule has 0 fully saturated rings. The SMILES string of the molecule is CCC(C)C(=O)NC(CO)CCSO. The average Bonchev–Trinajstić information content (AvgIpc) is 2.22. The third-order valence-corrected chi connectivity index (χ3v) is 2.60. The summed E-state index contributed by atoms with van der Waals surface area (Å²) < 4.78 is 8.52. The molecule has 14 heavy (non-hydrogen) atoms. The van der Waals surface area contributed by atoms with Crippen molar-refractivity contribution in [3.63, 3.8) is 0 Å². The molecule has 0 rings (SSSR count). The van der Waals surface area contributed by atoms with Crippen LogP contribution in [-0.2, 0) is 4.79 Å². The van der Waals surface area contributed by atoms with Crippen LogP contribution in [0.15, 0.2) is 0 Å². The van der Waals surface area contributed by atoms with E-state index in [0.29, 0.717) is 12.2 Å². The first-order chi connectivity index (χ1) is 6.65. The molecule has 0 aromatic heterocycles. The Morgan fingerprint density at radius 3 is 2.64 bits per heavy atom. The maximum atomic E-state index is 11.4. The molecule has 0 aromatic rings. The third-order valence-electron chi connectivity index (χ3n) is 2.18. The first-order valence-electron chi connectivity index (χ1n) is 4.83. The summed E-state index contributed by atoms with van der Waals surface area (Å²) in [4.78, 5) is 11.4. The van der Waals surface area contributed by atoms with Crippen LogP contribution in [0.25, 0.3) is 0 Å². The largest absolute Gasteiger partial charge is 0.394 e. The van der Waals surface area contributed by atoms with Crippen LogP contribution in [0.2, 0.25) is 0 Å². The first kappa shape index (κ1) is 13.7. The van der Waals surface area contributed by atoms with Crippen molar-refractivity contribution in [2.75, 3.05) is 12.4 Å². The van der Waals surface area contributed by atoms with Crippen molar-refractivity contribution in [3.8, 4) is 0 Å². The highest BCUT2D eigenvalue weighted by atomic mass is 32.2. The predicted octanol–water partition coefficient (Wildman–Crippen LogP) is 1.11. The van der Waals surface area contributed by atoms with Gasteiger partial charge in [0.25, 0.3) is 0 Å². The summed E-state index contributed by atoms with van der Waals surface area (Å²) in [6, 6.07) is -0.240. The van der Waals surface area contributed by atoms with Gasteiger partial charge >= 0.3 is 0 Å². The van der Waals surface area contributed by atoms with Crippen LogP contribution in [0.3, 0.4) is 0 Å². The molecule has 0 spiro atoms. The minimum Gasteiger partial charge on any atom is -0.394 e. The number of hydrogen-bond donors (Lipinski definition) is 3. The van der Waals surface area contributed by atoms with Gasteiger partial charge in [-0.1, -0.05) is 13.8 Å². The molecule has 0 aliphatic rings. The number of nitrogens with one attached hydrogen (secondary N) is 1. The van der Waals surface area contributed by atoms with Crippen LogP contribution in [0.1, 0.15) is 26.7 Å². The van der Waals surface area contributed by atoms with E-state index in [4.69, 9.17) is 9.66 Å². The maximum absolute atomic E-state index is 11.4. The Hall–Kier alpha value is -0.260. The lowest BCUT2D eigenvalue weighted by molar-refractivity contribution is -0.125. The molecule has 0 aromatic carbocycles. The Labute approximate surface area is 89.3 Å². The molecule has 84 valence electrons. The Morgan fingerprint density at radius 1 is 1.57 bits per heavy atom. The summed E-state index contributed by atoms with van der Waals surface area (Å²) in [7, 11) is 0. The highest BCUT2D eigenvalue weighted by molar-refractivity contribution is 7.93. The number of amides is 1. The second-order valence-electron chi connectivity index (χ2n) is 3.32. The number of rotatable bonds is 7. The first-order valence-corrected chi connectivity index (χ1v) is 5.77. The Bertz CT molecular complexity index is 166. The van der Waals surface area contributed by atoms with Crippen molar-refractivity contribution in [2.45, 2.75) is 32.7 Å². The average molecular weight is 221 g/mol. The molecular formula is C9H19NO3S. The monoisotopic (exact) mass is 221 g/mol. The lowest BCUT2D eigenvalue weighted by Gasteiger charge is -2.17. The molecule has 2 atom stereocenters. The third kappa shape index (κ3) is 5.47. The molecule has 0 saturated carbocycles. The van der Waals surface area contributed by atoms with Crippen LogP contribution in [-0.4, -0.2) is 34.0 Å². The molecule has 1 amide bonds. The Kier molecular flexibility index (Phi) is 7.93. The van der Waals surface area contributed by atoms with Crippen molar-refractivity contribution in [1.82, 2.24) is 5.32 Å². The molecule has 0 heterocycles. The van der Waals surface area contributed by atoms with E-state index in [0.717, 1.165) is 18.5 Å². The summed E-state index contributed by atoms with van der Waals surface area (Å²) in [6.45, 7) is 3.72. The van der Waals surface area contributed by atoms with Gasteiger partial charge in [-0.05, 0) is 24.9 Å². The van der Waals surface area contributed by atoms with Gasteiger partial charge in [0.05, 0.1) is 12.6 Å². The highest BCUT2D eigenvalue weighted by Gasteiger charge is 2.15. The fourth-order valence-corrected chi connectivity index (χ4v) is 1.32. The molecule has 3 N–H and O–H groups in total. The van der Waals surface area contributed by atoms with E-state index in [1.165, 1.54) is 0 Å². The molecule has 4 nitrogen and oxygen atoms in total. The quantitative estimate of drug-likeness (QED) is 0.563. The molecular weight excluding hydrogens is 202 g/mol. The molecule has 0 saturated heterocycles. The minimum atomic E-state index is -0.240. The molecule has 0 radical (unpaired) electrons. The number of carbonyl (C=O) groups excluding carboxylic acids is 1. The van der Waals surface area contributed by atoms with Gasteiger partial charge < -0.3 is 15.0 Å². The zero-order chi connectivity index (χ0) is 11.0. The zero-order valence-electron chi connectivity index (χ0n) is 8.69. The van der Waals surface area contributed by atoms with E-state index in [1.54, 1.807) is 0 Å². The van der Waals surface area contributed by atoms with Crippen LogP contribution < -0.4 is 5.32 Å². The van der Waals surface area contributed by atoms with Crippen LogP contribution in [0.4, 0.5) is 0 Å². The van der Waals surface area contributed by atoms with Crippen LogP contribution >= 0.6 is 12.0 Å². The van der Waals surface area contributed by atoms with E-state index in [-0.39, 0.29) is 24.5 Å². The number of hydrogen-bond acceptors (Lipinski definition) is 4. The van der Waals surface area contributed by atoms with E-state index in [1.807, 2.05) is 13.8 Å². The fourth-order valence-electron chi connectivity index (χ4n) is 0.933. The molecule has 0 aliphatic carbocycles. The van der Waals surface area contributed by atoms with Gasteiger partial charge in [-0.3, -0.25) is 4.79 Å². The smallest absolute Gasteiger partial charge is 0.223 e. The minimum absolute atomic E-state index is 0.0224. The van der Waals surface area contributed by atoms with Gasteiger partial charge in [-0.25, -0.2) is 0 Å². The van der Waals surface area contributed by atoms with E-state index < -0.39 is 0 Å². The van der Waals surface area contributed by atoms with Crippen molar-refractivity contribution in [2.24, 2.45) is 5.92 Å². The number of aliphatic hydroxyl groups is 1. The van der Waals surface area contributed by atoms with Gasteiger partial charge in [0.1, 0.15) is 0 Å². The fraction of sp³-hybridized carbons (Fsp3) is 0.889. The van der Waals surface area contributed by atoms with Gasteiger partial charge in [0.15, 0.2) is 0 Å². The lowest BCUT2D eigenvalue weighted by Crippen LogP contribution is -2.40. The molecule has 2 unspecified atom stereocenters.